The molecule has 2 unspecified atom stereocenters. The Bertz CT molecular complexity index is 1050. The fourth-order valence-electron chi connectivity index (χ4n) is 3.18. The van der Waals surface area contributed by atoms with Crippen LogP contribution in [0.1, 0.15) is 40.0 Å². The highest BCUT2D eigenvalue weighted by Crippen LogP contribution is 2.58. The predicted molar refractivity (Wildman–Crippen MR) is 89.4 cm³/mol. The summed E-state index contributed by atoms with van der Waals surface area (Å²) in [7, 11) is 1.16. The Balaban J connectivity index is 1.51. The summed E-state index contributed by atoms with van der Waals surface area (Å²) in [6, 6.07) is 2.27. The highest BCUT2D eigenvalue weighted by molar-refractivity contribution is 6.03. The first-order valence-corrected chi connectivity index (χ1v) is 8.43. The number of hydrogen-bond donors (Lipinski definition) is 3. The lowest BCUT2D eigenvalue weighted by Gasteiger charge is -2.19. The first-order chi connectivity index (χ1) is 13.6. The summed E-state index contributed by atoms with van der Waals surface area (Å²) in [6.07, 6.45) is -2.50. The molecular formula is C16H15F2N5O6. The molecule has 3 N–H and O–H groups in total. The van der Waals surface area contributed by atoms with Crippen LogP contribution in [0.2, 0.25) is 0 Å². The third kappa shape index (κ3) is 3.27. The molecule has 2 aromatic heterocycles. The third-order valence-corrected chi connectivity index (χ3v) is 4.77. The number of alkyl halides is 2. The van der Waals surface area contributed by atoms with Gasteiger partial charge >= 0.3 is 11.7 Å². The van der Waals surface area contributed by atoms with Crippen molar-refractivity contribution >= 4 is 17.7 Å². The number of aromatic nitrogens is 4. The SMILES string of the molecule is COC(=O)c1cc(C(=O)Nc2ccn([C@@H]3OC4(CC4O)CC3(F)F)c(=O)n2)n[nH]1. The van der Waals surface area contributed by atoms with Crippen LogP contribution in [-0.4, -0.2) is 61.5 Å². The predicted octanol–water partition coefficient (Wildman–Crippen LogP) is 0.0629. The van der Waals surface area contributed by atoms with Gasteiger partial charge in [0.15, 0.2) is 5.69 Å². The Morgan fingerprint density at radius 1 is 1.48 bits per heavy atom. The monoisotopic (exact) mass is 411 g/mol. The number of anilines is 1. The van der Waals surface area contributed by atoms with Crippen LogP contribution in [0, 0.1) is 0 Å². The van der Waals surface area contributed by atoms with E-state index in [0.29, 0.717) is 4.57 Å². The minimum absolute atomic E-state index is 0.0576. The lowest BCUT2D eigenvalue weighted by molar-refractivity contribution is -0.123. The Hall–Kier alpha value is -3.19. The van der Waals surface area contributed by atoms with Crippen LogP contribution in [0.5, 0.6) is 0 Å². The smallest absolute Gasteiger partial charge is 0.356 e. The van der Waals surface area contributed by atoms with Crippen LogP contribution in [0.25, 0.3) is 0 Å². The number of esters is 1. The number of aliphatic hydroxyl groups is 1. The van der Waals surface area contributed by atoms with Gasteiger partial charge in [-0.05, 0) is 6.07 Å². The van der Waals surface area contributed by atoms with Crippen molar-refractivity contribution in [3.8, 4) is 0 Å². The van der Waals surface area contributed by atoms with Crippen molar-refractivity contribution in [2.45, 2.75) is 36.7 Å². The first-order valence-electron chi connectivity index (χ1n) is 8.43. The van der Waals surface area contributed by atoms with Gasteiger partial charge in [0.25, 0.3) is 11.8 Å². The van der Waals surface area contributed by atoms with Gasteiger partial charge in [-0.15, -0.1) is 0 Å². The van der Waals surface area contributed by atoms with Crippen LogP contribution >= 0.6 is 0 Å². The highest BCUT2D eigenvalue weighted by Gasteiger charge is 2.69. The van der Waals surface area contributed by atoms with E-state index in [1.807, 2.05) is 0 Å². The zero-order chi connectivity index (χ0) is 21.0. The minimum atomic E-state index is -3.37. The molecule has 29 heavy (non-hydrogen) atoms. The molecular weight excluding hydrogens is 396 g/mol. The number of ether oxygens (including phenoxy) is 2. The maximum atomic E-state index is 14.3. The summed E-state index contributed by atoms with van der Waals surface area (Å²) >= 11 is 0. The summed E-state index contributed by atoms with van der Waals surface area (Å²) < 4.78 is 38.9. The molecule has 2 aliphatic rings. The van der Waals surface area contributed by atoms with Gasteiger partial charge in [0.2, 0.25) is 6.23 Å². The average Bonchev–Trinajstić information content (AvgIpc) is 3.01. The Morgan fingerprint density at radius 3 is 2.79 bits per heavy atom. The summed E-state index contributed by atoms with van der Waals surface area (Å²) in [6.45, 7) is 0. The number of H-pyrrole nitrogens is 1. The Morgan fingerprint density at radius 2 is 2.21 bits per heavy atom. The molecule has 1 aliphatic heterocycles. The number of halogens is 2. The maximum absolute atomic E-state index is 14.3. The fraction of sp³-hybridized carbons (Fsp3) is 0.438. The second-order valence-electron chi connectivity index (χ2n) is 6.81. The van der Waals surface area contributed by atoms with Gasteiger partial charge in [0.1, 0.15) is 17.1 Å². The van der Waals surface area contributed by atoms with E-state index >= 15 is 0 Å². The molecule has 1 saturated heterocycles. The molecule has 2 aromatic rings. The van der Waals surface area contributed by atoms with Crippen LogP contribution in [0.15, 0.2) is 23.1 Å². The quantitative estimate of drug-likeness (QED) is 0.598. The topological polar surface area (TPSA) is 148 Å². The van der Waals surface area contributed by atoms with Gasteiger partial charge in [-0.25, -0.2) is 18.4 Å². The first kappa shape index (κ1) is 19.1. The van der Waals surface area contributed by atoms with Crippen molar-refractivity contribution in [2.24, 2.45) is 0 Å². The molecule has 154 valence electrons. The number of nitrogens with zero attached hydrogens (tertiary/aromatic N) is 3. The lowest BCUT2D eigenvalue weighted by atomic mass is 10.1. The molecule has 4 rings (SSSR count). The maximum Gasteiger partial charge on any atom is 0.356 e. The summed E-state index contributed by atoms with van der Waals surface area (Å²) in [5.74, 6) is -5.09. The number of nitrogens with one attached hydrogen (secondary N) is 2. The normalized spacial score (nSPS) is 27.0. The van der Waals surface area contributed by atoms with E-state index in [9.17, 15) is 28.3 Å². The van der Waals surface area contributed by atoms with Gasteiger partial charge in [-0.3, -0.25) is 14.5 Å². The van der Waals surface area contributed by atoms with E-state index in [2.05, 4.69) is 25.2 Å². The van der Waals surface area contributed by atoms with Crippen molar-refractivity contribution in [3.05, 3.63) is 40.2 Å². The van der Waals surface area contributed by atoms with Crippen molar-refractivity contribution in [2.75, 3.05) is 12.4 Å². The second-order valence-corrected chi connectivity index (χ2v) is 6.81. The van der Waals surface area contributed by atoms with Crippen molar-refractivity contribution in [1.82, 2.24) is 19.7 Å². The molecule has 1 aliphatic carbocycles. The highest BCUT2D eigenvalue weighted by atomic mass is 19.3. The fourth-order valence-corrected chi connectivity index (χ4v) is 3.18. The molecule has 0 aromatic carbocycles. The molecule has 13 heteroatoms. The molecule has 3 heterocycles. The van der Waals surface area contributed by atoms with Gasteiger partial charge in [-0.2, -0.15) is 10.1 Å². The van der Waals surface area contributed by atoms with Crippen molar-refractivity contribution in [1.29, 1.82) is 0 Å². The summed E-state index contributed by atoms with van der Waals surface area (Å²) in [4.78, 5) is 39.3. The Kier molecular flexibility index (Phi) is 4.24. The number of amides is 1. The van der Waals surface area contributed by atoms with E-state index in [1.165, 1.54) is 0 Å². The van der Waals surface area contributed by atoms with Gasteiger partial charge in [-0.1, -0.05) is 0 Å². The average molecular weight is 411 g/mol. The molecule has 0 bridgehead atoms. The van der Waals surface area contributed by atoms with Crippen LogP contribution < -0.4 is 11.0 Å². The van der Waals surface area contributed by atoms with Crippen LogP contribution in [0.3, 0.4) is 0 Å². The second kappa shape index (κ2) is 6.42. The van der Waals surface area contributed by atoms with Crippen molar-refractivity contribution < 1.29 is 33.0 Å². The zero-order valence-electron chi connectivity index (χ0n) is 14.9. The van der Waals surface area contributed by atoms with E-state index in [0.717, 1.165) is 25.4 Å². The van der Waals surface area contributed by atoms with Gasteiger partial charge in [0, 0.05) is 25.1 Å². The number of aliphatic hydroxyl groups excluding tert-OH is 1. The van der Waals surface area contributed by atoms with Gasteiger partial charge < -0.3 is 19.9 Å². The molecule has 2 fully saturated rings. The zero-order valence-corrected chi connectivity index (χ0v) is 14.9. The number of methoxy groups -OCH3 is 1. The number of rotatable bonds is 4. The molecule has 1 spiro atoms. The molecule has 1 saturated carbocycles. The number of carbonyl (C=O) groups excluding carboxylic acids is 2. The molecule has 11 nitrogen and oxygen atoms in total. The number of hydrogen-bond acceptors (Lipinski definition) is 8. The molecule has 1 amide bonds. The largest absolute Gasteiger partial charge is 0.464 e. The van der Waals surface area contributed by atoms with Gasteiger partial charge in [0.05, 0.1) is 13.2 Å². The van der Waals surface area contributed by atoms with E-state index in [1.54, 1.807) is 0 Å². The minimum Gasteiger partial charge on any atom is -0.464 e. The van der Waals surface area contributed by atoms with Crippen LogP contribution in [-0.2, 0) is 9.47 Å². The van der Waals surface area contributed by atoms with E-state index in [-0.39, 0.29) is 23.6 Å². The third-order valence-electron chi connectivity index (χ3n) is 4.77. The van der Waals surface area contributed by atoms with Crippen LogP contribution in [0.4, 0.5) is 14.6 Å². The van der Waals surface area contributed by atoms with E-state index < -0.39 is 47.8 Å². The molecule has 3 atom stereocenters. The number of aromatic amines is 1. The lowest BCUT2D eigenvalue weighted by Crippen LogP contribution is -2.35. The Labute approximate surface area is 160 Å². The molecule has 0 radical (unpaired) electrons. The summed E-state index contributed by atoms with van der Waals surface area (Å²) in [5.41, 5.74) is -2.64. The number of carbonyl (C=O) groups is 2. The summed E-state index contributed by atoms with van der Waals surface area (Å²) in [5, 5.41) is 17.8. The van der Waals surface area contributed by atoms with E-state index in [4.69, 9.17) is 4.74 Å². The standard InChI is InChI=1S/C16H15F2N5O6/c1-28-12(26)8-4-7(21-22-8)11(25)19-10-2-3-23(14(27)20-10)13-16(17,18)6-15(29-13)5-9(15)24/h2-4,9,13,24H,5-6H2,1H3,(H,21,22)(H,19,20,25,27)/t9?,13-,15?/m1/s1. The van der Waals surface area contributed by atoms with Crippen molar-refractivity contribution in [3.63, 3.8) is 0 Å².